The number of halogens is 2. The number of ether oxygens (including phenoxy) is 1. The van der Waals surface area contributed by atoms with Crippen LogP contribution in [-0.4, -0.2) is 39.2 Å². The molecule has 0 N–H and O–H groups in total. The topological polar surface area (TPSA) is 73.1 Å². The van der Waals surface area contributed by atoms with Gasteiger partial charge < -0.3 is 9.64 Å². The van der Waals surface area contributed by atoms with Crippen LogP contribution in [0.5, 0.6) is 0 Å². The van der Waals surface area contributed by atoms with Gasteiger partial charge in [0.25, 0.3) is 5.56 Å². The van der Waals surface area contributed by atoms with Crippen molar-refractivity contribution in [2.75, 3.05) is 24.6 Å². The van der Waals surface area contributed by atoms with Gasteiger partial charge in [-0.1, -0.05) is 11.6 Å². The van der Waals surface area contributed by atoms with Crippen LogP contribution in [0.3, 0.4) is 0 Å². The van der Waals surface area contributed by atoms with E-state index in [0.29, 0.717) is 47.9 Å². The second kappa shape index (κ2) is 8.77. The fourth-order valence-corrected chi connectivity index (χ4v) is 4.38. The van der Waals surface area contributed by atoms with Crippen molar-refractivity contribution in [3.05, 3.63) is 80.9 Å². The number of rotatable bonds is 3. The molecule has 1 aromatic carbocycles. The van der Waals surface area contributed by atoms with Gasteiger partial charge in [-0.25, -0.2) is 14.4 Å². The summed E-state index contributed by atoms with van der Waals surface area (Å²) in [6, 6.07) is 10.1. The van der Waals surface area contributed by atoms with Crippen LogP contribution in [0.1, 0.15) is 23.2 Å². The molecule has 1 saturated heterocycles. The van der Waals surface area contributed by atoms with Gasteiger partial charge >= 0.3 is 0 Å². The Morgan fingerprint density at radius 2 is 1.97 bits per heavy atom. The minimum absolute atomic E-state index is 0.178. The Balaban J connectivity index is 1.66. The highest BCUT2D eigenvalue weighted by atomic mass is 35.5. The quantitative estimate of drug-likeness (QED) is 0.434. The average Bonchev–Trinajstić information content (AvgIpc) is 2.82. The van der Waals surface area contributed by atoms with E-state index in [-0.39, 0.29) is 22.2 Å². The second-order valence-corrected chi connectivity index (χ2v) is 8.85. The maximum Gasteiger partial charge on any atom is 0.261 e. The number of pyridine rings is 2. The molecule has 0 spiro atoms. The van der Waals surface area contributed by atoms with Crippen molar-refractivity contribution in [3.63, 3.8) is 0 Å². The largest absolute Gasteiger partial charge is 0.370 e. The molecule has 174 valence electrons. The Morgan fingerprint density at radius 3 is 2.74 bits per heavy atom. The molecule has 0 aliphatic carbocycles. The summed E-state index contributed by atoms with van der Waals surface area (Å²) in [5.41, 5.74) is 2.63. The monoisotopic (exact) mass is 479 g/mol. The Labute approximate surface area is 200 Å². The first-order valence-corrected chi connectivity index (χ1v) is 11.3. The molecule has 1 fully saturated rings. The molecule has 5 rings (SSSR count). The van der Waals surface area contributed by atoms with Gasteiger partial charge in [0.1, 0.15) is 34.8 Å². The van der Waals surface area contributed by atoms with Crippen molar-refractivity contribution in [2.45, 2.75) is 20.0 Å². The summed E-state index contributed by atoms with van der Waals surface area (Å²) in [6.07, 6.45) is 1.59. The fraction of sp³-hybridized carbons (Fsp3) is 0.280. The smallest absolute Gasteiger partial charge is 0.261 e. The van der Waals surface area contributed by atoms with Gasteiger partial charge in [-0.2, -0.15) is 0 Å². The van der Waals surface area contributed by atoms with Crippen LogP contribution in [0.25, 0.3) is 22.2 Å². The molecule has 1 aliphatic rings. The van der Waals surface area contributed by atoms with Crippen molar-refractivity contribution < 1.29 is 9.13 Å². The highest BCUT2D eigenvalue weighted by Crippen LogP contribution is 2.33. The maximum absolute atomic E-state index is 15.0. The average molecular weight is 480 g/mol. The number of benzene rings is 1. The number of anilines is 1. The standard InChI is InChI=1S/C25H23ClFN5O2/c1-14-10-16(6-7-28-14)21-13-32(8-9-34-21)22-12-19-24(29-15(2)31(3)25(19)33)23(30-22)18-5-4-17(26)11-20(18)27/h4-7,10-12,21H,8-9,13H2,1-3H3/t21-/m1/s1. The lowest BCUT2D eigenvalue weighted by Gasteiger charge is -2.34. The summed E-state index contributed by atoms with van der Waals surface area (Å²) in [4.78, 5) is 28.9. The lowest BCUT2D eigenvalue weighted by atomic mass is 10.1. The molecule has 0 radical (unpaired) electrons. The van der Waals surface area contributed by atoms with E-state index in [4.69, 9.17) is 21.3 Å². The van der Waals surface area contributed by atoms with Crippen molar-refractivity contribution in [2.24, 2.45) is 7.05 Å². The number of nitrogens with zero attached hydrogens (tertiary/aromatic N) is 5. The minimum Gasteiger partial charge on any atom is -0.370 e. The number of aryl methyl sites for hydroxylation is 2. The molecule has 0 bridgehead atoms. The number of fused-ring (bicyclic) bond motifs is 1. The molecule has 7 nitrogen and oxygen atoms in total. The highest BCUT2D eigenvalue weighted by Gasteiger charge is 2.26. The van der Waals surface area contributed by atoms with Crippen LogP contribution in [0.2, 0.25) is 5.02 Å². The van der Waals surface area contributed by atoms with E-state index in [1.807, 2.05) is 19.1 Å². The van der Waals surface area contributed by atoms with Crippen molar-refractivity contribution in [1.82, 2.24) is 19.5 Å². The molecular weight excluding hydrogens is 457 g/mol. The van der Waals surface area contributed by atoms with Gasteiger partial charge in [0.05, 0.1) is 12.0 Å². The van der Waals surface area contributed by atoms with Crippen LogP contribution >= 0.6 is 11.6 Å². The van der Waals surface area contributed by atoms with E-state index in [0.717, 1.165) is 11.3 Å². The molecule has 1 aliphatic heterocycles. The molecule has 9 heteroatoms. The van der Waals surface area contributed by atoms with E-state index in [9.17, 15) is 9.18 Å². The Hall–Kier alpha value is -3.36. The number of hydrogen-bond donors (Lipinski definition) is 0. The molecular formula is C25H23ClFN5O2. The Morgan fingerprint density at radius 1 is 1.15 bits per heavy atom. The molecule has 4 heterocycles. The summed E-state index contributed by atoms with van der Waals surface area (Å²) < 4.78 is 22.5. The van der Waals surface area contributed by atoms with E-state index in [1.54, 1.807) is 38.4 Å². The van der Waals surface area contributed by atoms with Gasteiger partial charge in [-0.3, -0.25) is 14.3 Å². The molecule has 4 aromatic rings. The first-order chi connectivity index (χ1) is 16.3. The van der Waals surface area contributed by atoms with Crippen molar-refractivity contribution in [1.29, 1.82) is 0 Å². The van der Waals surface area contributed by atoms with Crippen molar-refractivity contribution in [3.8, 4) is 11.3 Å². The Bertz CT molecular complexity index is 1470. The summed E-state index contributed by atoms with van der Waals surface area (Å²) >= 11 is 5.98. The normalized spacial score (nSPS) is 16.3. The molecule has 0 saturated carbocycles. The first kappa shape index (κ1) is 22.4. The van der Waals surface area contributed by atoms with E-state index in [1.165, 1.54) is 10.6 Å². The first-order valence-electron chi connectivity index (χ1n) is 10.9. The molecule has 3 aromatic heterocycles. The zero-order valence-corrected chi connectivity index (χ0v) is 19.8. The van der Waals surface area contributed by atoms with Crippen LogP contribution in [-0.2, 0) is 11.8 Å². The summed E-state index contributed by atoms with van der Waals surface area (Å²) in [7, 11) is 1.67. The van der Waals surface area contributed by atoms with Gasteiger partial charge in [-0.05, 0) is 55.8 Å². The van der Waals surface area contributed by atoms with Crippen molar-refractivity contribution >= 4 is 28.3 Å². The van der Waals surface area contributed by atoms with E-state index in [2.05, 4.69) is 14.9 Å². The number of aromatic nitrogens is 4. The molecule has 0 unspecified atom stereocenters. The van der Waals surface area contributed by atoms with Crippen LogP contribution in [0.15, 0.2) is 47.4 Å². The SMILES string of the molecule is Cc1cc([C@H]2CN(c3cc4c(=O)n(C)c(C)nc4c(-c4ccc(Cl)cc4F)n3)CCO2)ccn1. The molecule has 0 amide bonds. The fourth-order valence-electron chi connectivity index (χ4n) is 4.22. The third kappa shape index (κ3) is 4.03. The highest BCUT2D eigenvalue weighted by molar-refractivity contribution is 6.30. The minimum atomic E-state index is -0.523. The van der Waals surface area contributed by atoms with Crippen LogP contribution < -0.4 is 10.5 Å². The lowest BCUT2D eigenvalue weighted by Crippen LogP contribution is -2.39. The predicted molar refractivity (Wildman–Crippen MR) is 130 cm³/mol. The van der Waals surface area contributed by atoms with Crippen LogP contribution in [0, 0.1) is 19.7 Å². The van der Waals surface area contributed by atoms with E-state index >= 15 is 0 Å². The van der Waals surface area contributed by atoms with Gasteiger partial charge in [0.15, 0.2) is 0 Å². The zero-order valence-electron chi connectivity index (χ0n) is 19.0. The third-order valence-electron chi connectivity index (χ3n) is 6.14. The lowest BCUT2D eigenvalue weighted by molar-refractivity contribution is 0.0394. The zero-order chi connectivity index (χ0) is 24.0. The summed E-state index contributed by atoms with van der Waals surface area (Å²) in [5, 5.41) is 0.663. The van der Waals surface area contributed by atoms with Crippen LogP contribution in [0.4, 0.5) is 10.2 Å². The number of hydrogen-bond acceptors (Lipinski definition) is 6. The Kier molecular flexibility index (Phi) is 5.79. The predicted octanol–water partition coefficient (Wildman–Crippen LogP) is 4.38. The second-order valence-electron chi connectivity index (χ2n) is 8.41. The summed E-state index contributed by atoms with van der Waals surface area (Å²) in [5.74, 6) is 0.562. The summed E-state index contributed by atoms with van der Waals surface area (Å²) in [6.45, 7) is 5.28. The third-order valence-corrected chi connectivity index (χ3v) is 6.38. The van der Waals surface area contributed by atoms with E-state index < -0.39 is 5.82 Å². The van der Waals surface area contributed by atoms with Gasteiger partial charge in [0, 0.05) is 42.6 Å². The van der Waals surface area contributed by atoms with Gasteiger partial charge in [0.2, 0.25) is 0 Å². The molecule has 34 heavy (non-hydrogen) atoms. The molecule has 1 atom stereocenters. The van der Waals surface area contributed by atoms with Gasteiger partial charge in [-0.15, -0.1) is 0 Å². The number of morpholine rings is 1. The maximum atomic E-state index is 15.0.